The van der Waals surface area contributed by atoms with Gasteiger partial charge >= 0.3 is 0 Å². The average molecular weight is 333 g/mol. The lowest BCUT2D eigenvalue weighted by Crippen LogP contribution is -2.41. The lowest BCUT2D eigenvalue weighted by atomic mass is 10.1. The molecule has 0 radical (unpaired) electrons. The molecule has 3 N–H and O–H groups in total. The quantitative estimate of drug-likeness (QED) is 0.842. The first-order valence-electron chi connectivity index (χ1n) is 6.58. The molecule has 1 atom stereocenters. The molecule has 18 heavy (non-hydrogen) atoms. The molecule has 0 spiro atoms. The second-order valence-electron chi connectivity index (χ2n) is 4.79. The highest BCUT2D eigenvalue weighted by atomic mass is 79.9. The number of nitrogens with zero attached hydrogens (tertiary/aromatic N) is 1. The highest BCUT2D eigenvalue weighted by Crippen LogP contribution is 2.34. The number of rotatable bonds is 6. The van der Waals surface area contributed by atoms with Crippen molar-refractivity contribution < 1.29 is 5.11 Å². The van der Waals surface area contributed by atoms with E-state index in [0.29, 0.717) is 12.6 Å². The molecule has 1 aromatic rings. The molecule has 1 fully saturated rings. The molecule has 1 heterocycles. The van der Waals surface area contributed by atoms with Gasteiger partial charge in [0.15, 0.2) is 0 Å². The third-order valence-corrected chi connectivity index (χ3v) is 5.42. The van der Waals surface area contributed by atoms with Crippen molar-refractivity contribution in [1.82, 2.24) is 4.90 Å². The minimum absolute atomic E-state index is 0.208. The van der Waals surface area contributed by atoms with Crippen molar-refractivity contribution in [2.75, 3.05) is 19.7 Å². The summed E-state index contributed by atoms with van der Waals surface area (Å²) in [5.74, 6) is 0. The monoisotopic (exact) mass is 332 g/mol. The van der Waals surface area contributed by atoms with E-state index in [0.717, 1.165) is 10.3 Å². The van der Waals surface area contributed by atoms with Crippen LogP contribution >= 0.6 is 27.3 Å². The summed E-state index contributed by atoms with van der Waals surface area (Å²) in [7, 11) is 0. The normalized spacial score (nSPS) is 18.7. The number of hydrogen-bond acceptors (Lipinski definition) is 4. The Bertz CT molecular complexity index is 366. The van der Waals surface area contributed by atoms with Crippen molar-refractivity contribution in [2.24, 2.45) is 5.73 Å². The van der Waals surface area contributed by atoms with Crippen molar-refractivity contribution in [3.63, 3.8) is 0 Å². The van der Waals surface area contributed by atoms with Gasteiger partial charge in [-0.15, -0.1) is 11.3 Å². The third kappa shape index (κ3) is 3.33. The molecule has 102 valence electrons. The number of aliphatic hydroxyl groups excluding tert-OH is 1. The summed E-state index contributed by atoms with van der Waals surface area (Å²) in [5, 5.41) is 9.31. The van der Waals surface area contributed by atoms with Gasteiger partial charge in [0.05, 0.1) is 16.4 Å². The first-order chi connectivity index (χ1) is 8.76. The first kappa shape index (κ1) is 14.5. The Kier molecular flexibility index (Phi) is 5.63. The summed E-state index contributed by atoms with van der Waals surface area (Å²) < 4.78 is 1.14. The van der Waals surface area contributed by atoms with Crippen LogP contribution in [0.1, 0.15) is 36.6 Å². The van der Waals surface area contributed by atoms with Crippen molar-refractivity contribution in [2.45, 2.75) is 37.8 Å². The van der Waals surface area contributed by atoms with E-state index in [1.165, 1.54) is 30.6 Å². The van der Waals surface area contributed by atoms with Crippen LogP contribution in [0, 0.1) is 0 Å². The van der Waals surface area contributed by atoms with Gasteiger partial charge in [-0.25, -0.2) is 0 Å². The van der Waals surface area contributed by atoms with E-state index in [1.54, 1.807) is 11.3 Å². The molecule has 0 saturated heterocycles. The Morgan fingerprint density at radius 3 is 2.67 bits per heavy atom. The molecule has 5 heteroatoms. The van der Waals surface area contributed by atoms with E-state index in [9.17, 15) is 5.11 Å². The van der Waals surface area contributed by atoms with Gasteiger partial charge < -0.3 is 10.8 Å². The molecule has 2 rings (SSSR count). The molecule has 0 aromatic carbocycles. The SMILES string of the molecule is NCC(c1ccc(Br)s1)N(CCO)C1CCCC1. The lowest BCUT2D eigenvalue weighted by molar-refractivity contribution is 0.109. The number of nitrogens with two attached hydrogens (primary N) is 1. The summed E-state index contributed by atoms with van der Waals surface area (Å²) in [4.78, 5) is 3.70. The minimum atomic E-state index is 0.208. The fourth-order valence-electron chi connectivity index (χ4n) is 2.87. The van der Waals surface area contributed by atoms with Gasteiger partial charge in [-0.3, -0.25) is 4.90 Å². The summed E-state index contributed by atoms with van der Waals surface area (Å²) in [6, 6.07) is 5.06. The predicted octanol–water partition coefficient (Wildman–Crippen LogP) is 2.75. The summed E-state index contributed by atoms with van der Waals surface area (Å²) in [6.45, 7) is 1.55. The molecule has 0 amide bonds. The Balaban J connectivity index is 2.15. The standard InChI is InChI=1S/C13H21BrN2OS/c14-13-6-5-12(18-13)11(9-15)16(7-8-17)10-3-1-2-4-10/h5-6,10-11,17H,1-4,7-9,15H2. The van der Waals surface area contributed by atoms with E-state index < -0.39 is 0 Å². The van der Waals surface area contributed by atoms with Crippen LogP contribution in [-0.2, 0) is 0 Å². The summed E-state index contributed by atoms with van der Waals surface area (Å²) in [6.07, 6.45) is 5.09. The van der Waals surface area contributed by atoms with E-state index >= 15 is 0 Å². The van der Waals surface area contributed by atoms with Gasteiger partial charge in [0.2, 0.25) is 0 Å². The molecule has 3 nitrogen and oxygen atoms in total. The van der Waals surface area contributed by atoms with Crippen molar-refractivity contribution in [3.05, 3.63) is 20.8 Å². The van der Waals surface area contributed by atoms with Crippen LogP contribution in [0.15, 0.2) is 15.9 Å². The van der Waals surface area contributed by atoms with Gasteiger partial charge in [-0.05, 0) is 40.9 Å². The molecule has 1 aliphatic carbocycles. The van der Waals surface area contributed by atoms with Crippen molar-refractivity contribution in [3.8, 4) is 0 Å². The smallest absolute Gasteiger partial charge is 0.0702 e. The predicted molar refractivity (Wildman–Crippen MR) is 79.9 cm³/mol. The molecule has 1 unspecified atom stereocenters. The van der Waals surface area contributed by atoms with Crippen LogP contribution in [0.4, 0.5) is 0 Å². The molecule has 0 bridgehead atoms. The van der Waals surface area contributed by atoms with Crippen LogP contribution in [-0.4, -0.2) is 35.7 Å². The Labute approximate surface area is 121 Å². The summed E-state index contributed by atoms with van der Waals surface area (Å²) in [5.41, 5.74) is 5.98. The fraction of sp³-hybridized carbons (Fsp3) is 0.692. The van der Waals surface area contributed by atoms with E-state index in [4.69, 9.17) is 5.73 Å². The third-order valence-electron chi connectivity index (χ3n) is 3.70. The molecule has 1 aliphatic rings. The number of thiophene rings is 1. The van der Waals surface area contributed by atoms with Crippen molar-refractivity contribution >= 4 is 27.3 Å². The van der Waals surface area contributed by atoms with Crippen molar-refractivity contribution in [1.29, 1.82) is 0 Å². The molecular formula is C13H21BrN2OS. The topological polar surface area (TPSA) is 49.5 Å². The Morgan fingerprint density at radius 1 is 1.44 bits per heavy atom. The van der Waals surface area contributed by atoms with Gasteiger partial charge in [0.25, 0.3) is 0 Å². The lowest BCUT2D eigenvalue weighted by Gasteiger charge is -2.35. The fourth-order valence-corrected chi connectivity index (χ4v) is 4.42. The van der Waals surface area contributed by atoms with Crippen LogP contribution < -0.4 is 5.73 Å². The van der Waals surface area contributed by atoms with Gasteiger partial charge in [-0.1, -0.05) is 12.8 Å². The van der Waals surface area contributed by atoms with E-state index in [2.05, 4.69) is 33.0 Å². The summed E-state index contributed by atoms with van der Waals surface area (Å²) >= 11 is 5.26. The van der Waals surface area contributed by atoms with Gasteiger partial charge in [-0.2, -0.15) is 0 Å². The van der Waals surface area contributed by atoms with E-state index in [1.807, 2.05) is 0 Å². The first-order valence-corrected chi connectivity index (χ1v) is 8.19. The van der Waals surface area contributed by atoms with Crippen LogP contribution in [0.3, 0.4) is 0 Å². The molecule has 0 aliphatic heterocycles. The number of aliphatic hydroxyl groups is 1. The number of hydrogen-bond donors (Lipinski definition) is 2. The number of halogens is 1. The minimum Gasteiger partial charge on any atom is -0.395 e. The van der Waals surface area contributed by atoms with Crippen LogP contribution in [0.5, 0.6) is 0 Å². The average Bonchev–Trinajstić information content (AvgIpc) is 3.00. The zero-order chi connectivity index (χ0) is 13.0. The maximum atomic E-state index is 9.31. The highest BCUT2D eigenvalue weighted by molar-refractivity contribution is 9.11. The van der Waals surface area contributed by atoms with Gasteiger partial charge in [0.1, 0.15) is 0 Å². The second kappa shape index (κ2) is 7.01. The maximum Gasteiger partial charge on any atom is 0.0702 e. The maximum absolute atomic E-state index is 9.31. The van der Waals surface area contributed by atoms with E-state index in [-0.39, 0.29) is 12.6 Å². The zero-order valence-corrected chi connectivity index (χ0v) is 12.9. The molecule has 1 saturated carbocycles. The van der Waals surface area contributed by atoms with Crippen LogP contribution in [0.2, 0.25) is 0 Å². The highest BCUT2D eigenvalue weighted by Gasteiger charge is 2.29. The largest absolute Gasteiger partial charge is 0.395 e. The molecule has 1 aromatic heterocycles. The zero-order valence-electron chi connectivity index (χ0n) is 10.5. The molecular weight excluding hydrogens is 312 g/mol. The van der Waals surface area contributed by atoms with Crippen LogP contribution in [0.25, 0.3) is 0 Å². The Hall–Kier alpha value is 0.0600. The van der Waals surface area contributed by atoms with Gasteiger partial charge in [0, 0.05) is 24.0 Å². The Morgan fingerprint density at radius 2 is 2.17 bits per heavy atom. The second-order valence-corrected chi connectivity index (χ2v) is 7.29.